The van der Waals surface area contributed by atoms with Gasteiger partial charge in [-0.25, -0.2) is 17.5 Å². The van der Waals surface area contributed by atoms with Crippen LogP contribution in [0.4, 0.5) is 4.39 Å². The number of likely N-dealkylation sites (tertiary alicyclic amines) is 1. The number of piperidine rings is 1. The lowest BCUT2D eigenvalue weighted by atomic mass is 10.0. The summed E-state index contributed by atoms with van der Waals surface area (Å²) in [6.07, 6.45) is 4.33. The van der Waals surface area contributed by atoms with Gasteiger partial charge in [0, 0.05) is 19.2 Å². The second-order valence-corrected chi connectivity index (χ2v) is 11.3. The number of hydrogen-bond donors (Lipinski definition) is 1. The standard InChI is InChI=1S/C23H25Cl2FN2O4S/c1-33(30,31)27-23(29)18-10-17(15-5-6-15)22(11-21(18)26)32-16-3-2-8-28(13-16)12-14-4-7-19(24)20(25)9-14/h4,7,9-11,15-16H,2-3,5-6,8,12-13H2,1H3,(H,27,29). The Bertz CT molecular complexity index is 1170. The van der Waals surface area contributed by atoms with Crippen LogP contribution in [0.5, 0.6) is 5.75 Å². The molecule has 1 heterocycles. The molecule has 2 aromatic carbocycles. The van der Waals surface area contributed by atoms with E-state index >= 15 is 0 Å². The summed E-state index contributed by atoms with van der Waals surface area (Å²) in [7, 11) is -3.79. The van der Waals surface area contributed by atoms with Crippen molar-refractivity contribution in [1.82, 2.24) is 9.62 Å². The van der Waals surface area contributed by atoms with Gasteiger partial charge in [0.05, 0.1) is 21.9 Å². The van der Waals surface area contributed by atoms with Gasteiger partial charge in [0.15, 0.2) is 0 Å². The number of carbonyl (C=O) groups excluding carboxylic acids is 1. The molecule has 1 aliphatic carbocycles. The minimum absolute atomic E-state index is 0.130. The Morgan fingerprint density at radius 3 is 2.61 bits per heavy atom. The van der Waals surface area contributed by atoms with Crippen LogP contribution in [0, 0.1) is 5.82 Å². The molecular formula is C23H25Cl2FN2O4S. The highest BCUT2D eigenvalue weighted by atomic mass is 35.5. The highest BCUT2D eigenvalue weighted by Crippen LogP contribution is 2.45. The van der Waals surface area contributed by atoms with E-state index in [1.807, 2.05) is 16.9 Å². The third-order valence-corrected chi connectivity index (χ3v) is 7.08. The quantitative estimate of drug-likeness (QED) is 0.577. The first kappa shape index (κ1) is 24.3. The van der Waals surface area contributed by atoms with Crippen molar-refractivity contribution in [1.29, 1.82) is 0 Å². The molecule has 1 atom stereocenters. The van der Waals surface area contributed by atoms with Crippen LogP contribution >= 0.6 is 23.2 Å². The fourth-order valence-corrected chi connectivity index (χ4v) is 4.88. The van der Waals surface area contributed by atoms with Crippen molar-refractivity contribution in [3.05, 3.63) is 62.9 Å². The van der Waals surface area contributed by atoms with E-state index in [1.165, 1.54) is 12.1 Å². The van der Waals surface area contributed by atoms with Crippen LogP contribution in [0.1, 0.15) is 53.1 Å². The summed E-state index contributed by atoms with van der Waals surface area (Å²) in [6.45, 7) is 2.28. The van der Waals surface area contributed by atoms with Crippen LogP contribution in [-0.4, -0.2) is 44.7 Å². The van der Waals surface area contributed by atoms with E-state index in [0.29, 0.717) is 28.9 Å². The number of ether oxygens (including phenoxy) is 1. The van der Waals surface area contributed by atoms with E-state index < -0.39 is 21.7 Å². The summed E-state index contributed by atoms with van der Waals surface area (Å²) in [6, 6.07) is 8.22. The molecule has 0 aromatic heterocycles. The van der Waals surface area contributed by atoms with Gasteiger partial charge in [-0.15, -0.1) is 0 Å². The molecule has 2 aromatic rings. The van der Waals surface area contributed by atoms with Crippen molar-refractivity contribution in [3.63, 3.8) is 0 Å². The Morgan fingerprint density at radius 1 is 1.18 bits per heavy atom. The average Bonchev–Trinajstić information content (AvgIpc) is 3.55. The number of carbonyl (C=O) groups is 1. The average molecular weight is 515 g/mol. The summed E-state index contributed by atoms with van der Waals surface area (Å²) >= 11 is 12.1. The van der Waals surface area contributed by atoms with Crippen molar-refractivity contribution in [3.8, 4) is 5.75 Å². The lowest BCUT2D eigenvalue weighted by molar-refractivity contribution is 0.0832. The van der Waals surface area contributed by atoms with E-state index in [1.54, 1.807) is 6.07 Å². The number of halogens is 3. The molecule has 1 amide bonds. The third kappa shape index (κ3) is 6.38. The van der Waals surface area contributed by atoms with Crippen molar-refractivity contribution in [2.75, 3.05) is 19.3 Å². The largest absolute Gasteiger partial charge is 0.489 e. The zero-order valence-electron chi connectivity index (χ0n) is 18.1. The Hall–Kier alpha value is -1.87. The molecule has 0 radical (unpaired) electrons. The zero-order chi connectivity index (χ0) is 23.8. The predicted octanol–water partition coefficient (Wildman–Crippen LogP) is 4.74. The van der Waals surface area contributed by atoms with Crippen LogP contribution in [0.2, 0.25) is 10.0 Å². The van der Waals surface area contributed by atoms with Gasteiger partial charge < -0.3 is 4.74 Å². The second kappa shape index (κ2) is 9.78. The van der Waals surface area contributed by atoms with Crippen LogP contribution < -0.4 is 9.46 Å². The first-order valence-electron chi connectivity index (χ1n) is 10.8. The fourth-order valence-electron chi connectivity index (χ4n) is 4.11. The van der Waals surface area contributed by atoms with Gasteiger partial charge in [0.2, 0.25) is 10.0 Å². The number of hydrogen-bond acceptors (Lipinski definition) is 5. The summed E-state index contributed by atoms with van der Waals surface area (Å²) in [5.74, 6) is -1.18. The summed E-state index contributed by atoms with van der Waals surface area (Å²) in [5, 5.41) is 1.03. The third-order valence-electron chi connectivity index (χ3n) is 5.79. The molecule has 178 valence electrons. The molecule has 1 saturated heterocycles. The molecule has 1 N–H and O–H groups in total. The van der Waals surface area contributed by atoms with Gasteiger partial charge in [-0.2, -0.15) is 0 Å². The van der Waals surface area contributed by atoms with Crippen molar-refractivity contribution < 1.29 is 22.3 Å². The van der Waals surface area contributed by atoms with Crippen LogP contribution in [0.25, 0.3) is 0 Å². The van der Waals surface area contributed by atoms with Crippen molar-refractivity contribution in [2.45, 2.75) is 44.2 Å². The second-order valence-electron chi connectivity index (χ2n) is 8.71. The molecule has 2 aliphatic rings. The van der Waals surface area contributed by atoms with Crippen LogP contribution in [0.3, 0.4) is 0 Å². The lowest BCUT2D eigenvalue weighted by Gasteiger charge is -2.33. The maximum atomic E-state index is 14.8. The van der Waals surface area contributed by atoms with Gasteiger partial charge >= 0.3 is 0 Å². The molecule has 0 spiro atoms. The van der Waals surface area contributed by atoms with E-state index in [9.17, 15) is 17.6 Å². The van der Waals surface area contributed by atoms with Crippen molar-refractivity contribution in [2.24, 2.45) is 0 Å². The highest BCUT2D eigenvalue weighted by Gasteiger charge is 2.31. The smallest absolute Gasteiger partial charge is 0.267 e. The molecule has 1 unspecified atom stereocenters. The molecule has 4 rings (SSSR count). The van der Waals surface area contributed by atoms with E-state index in [0.717, 1.165) is 49.6 Å². The summed E-state index contributed by atoms with van der Waals surface area (Å²) in [4.78, 5) is 14.5. The van der Waals surface area contributed by atoms with Gasteiger partial charge in [0.1, 0.15) is 17.7 Å². The van der Waals surface area contributed by atoms with Gasteiger partial charge in [-0.1, -0.05) is 29.3 Å². The number of nitrogens with one attached hydrogen (secondary N) is 1. The van der Waals surface area contributed by atoms with Crippen molar-refractivity contribution >= 4 is 39.1 Å². The molecule has 0 bridgehead atoms. The summed E-state index contributed by atoms with van der Waals surface area (Å²) in [5.41, 5.74) is 1.51. The van der Waals surface area contributed by atoms with Gasteiger partial charge in [0.25, 0.3) is 5.91 Å². The maximum absolute atomic E-state index is 14.8. The molecule has 1 saturated carbocycles. The minimum Gasteiger partial charge on any atom is -0.489 e. The van der Waals surface area contributed by atoms with E-state index in [-0.39, 0.29) is 17.6 Å². The molecule has 6 nitrogen and oxygen atoms in total. The Balaban J connectivity index is 1.49. The Labute approximate surface area is 203 Å². The van der Waals surface area contributed by atoms with Gasteiger partial charge in [-0.05, 0) is 67.5 Å². The van der Waals surface area contributed by atoms with E-state index in [2.05, 4.69) is 4.90 Å². The molecule has 1 aliphatic heterocycles. The Morgan fingerprint density at radius 2 is 1.94 bits per heavy atom. The normalized spacial score (nSPS) is 19.3. The maximum Gasteiger partial charge on any atom is 0.267 e. The number of sulfonamides is 1. The fraction of sp³-hybridized carbons (Fsp3) is 0.435. The molecule has 2 fully saturated rings. The number of rotatable bonds is 7. The number of benzene rings is 2. The Kier molecular flexibility index (Phi) is 7.19. The predicted molar refractivity (Wildman–Crippen MR) is 126 cm³/mol. The SMILES string of the molecule is CS(=O)(=O)NC(=O)c1cc(C2CC2)c(OC2CCCN(Cc3ccc(Cl)c(Cl)c3)C2)cc1F. The number of amides is 1. The van der Waals surface area contributed by atoms with Crippen LogP contribution in [0.15, 0.2) is 30.3 Å². The molecular weight excluding hydrogens is 490 g/mol. The monoisotopic (exact) mass is 514 g/mol. The van der Waals surface area contributed by atoms with E-state index in [4.69, 9.17) is 27.9 Å². The number of nitrogens with zero attached hydrogens (tertiary/aromatic N) is 1. The summed E-state index contributed by atoms with van der Waals surface area (Å²) < 4.78 is 45.6. The highest BCUT2D eigenvalue weighted by molar-refractivity contribution is 7.89. The first-order chi connectivity index (χ1) is 15.6. The zero-order valence-corrected chi connectivity index (χ0v) is 20.4. The first-order valence-corrected chi connectivity index (χ1v) is 13.4. The van der Waals surface area contributed by atoms with Crippen LogP contribution in [-0.2, 0) is 16.6 Å². The minimum atomic E-state index is -3.79. The van der Waals surface area contributed by atoms with Gasteiger partial charge in [-0.3, -0.25) is 9.69 Å². The lowest BCUT2D eigenvalue weighted by Crippen LogP contribution is -2.40. The topological polar surface area (TPSA) is 75.7 Å². The molecule has 10 heteroatoms. The molecule has 33 heavy (non-hydrogen) atoms.